The quantitative estimate of drug-likeness (QED) is 0.623. The van der Waals surface area contributed by atoms with Crippen LogP contribution in [0.25, 0.3) is 5.69 Å². The number of rotatable bonds is 5. The van der Waals surface area contributed by atoms with Gasteiger partial charge in [0, 0.05) is 0 Å². The summed E-state index contributed by atoms with van der Waals surface area (Å²) in [7, 11) is 0. The minimum Gasteiger partial charge on any atom is -0.457 e. The van der Waals surface area contributed by atoms with E-state index in [1.165, 1.54) is 5.57 Å². The fourth-order valence-corrected chi connectivity index (χ4v) is 3.09. The Hall–Kier alpha value is -2.43. The molecule has 0 amide bonds. The summed E-state index contributed by atoms with van der Waals surface area (Å²) in [5.41, 5.74) is 2.12. The number of hydrogen-bond acceptors (Lipinski definition) is 4. The molecule has 0 saturated heterocycles. The number of nitrogens with zero attached hydrogens (tertiary/aromatic N) is 3. The first kappa shape index (κ1) is 16.4. The van der Waals surface area contributed by atoms with E-state index in [2.05, 4.69) is 43.9 Å². The van der Waals surface area contributed by atoms with Crippen LogP contribution in [0, 0.1) is 17.3 Å². The molecular weight excluding hydrogens is 302 g/mol. The van der Waals surface area contributed by atoms with Gasteiger partial charge in [0.05, 0.1) is 11.6 Å². The molecule has 5 heteroatoms. The van der Waals surface area contributed by atoms with Crippen molar-refractivity contribution in [2.75, 3.05) is 0 Å². The third-order valence-electron chi connectivity index (χ3n) is 4.58. The Bertz CT molecular complexity index is 758. The average molecular weight is 325 g/mol. The van der Waals surface area contributed by atoms with Gasteiger partial charge in [-0.25, -0.2) is 9.67 Å². The maximum Gasteiger partial charge on any atom is 0.310 e. The van der Waals surface area contributed by atoms with Gasteiger partial charge in [0.2, 0.25) is 0 Å². The zero-order chi connectivity index (χ0) is 17.3. The van der Waals surface area contributed by atoms with Crippen molar-refractivity contribution in [1.29, 1.82) is 0 Å². The smallest absolute Gasteiger partial charge is 0.310 e. The summed E-state index contributed by atoms with van der Waals surface area (Å²) in [4.78, 5) is 16.6. The highest BCUT2D eigenvalue weighted by molar-refractivity contribution is 5.78. The van der Waals surface area contributed by atoms with Gasteiger partial charge in [0.25, 0.3) is 0 Å². The minimum atomic E-state index is -0.168. The van der Waals surface area contributed by atoms with E-state index in [9.17, 15) is 4.79 Å². The first-order valence-corrected chi connectivity index (χ1v) is 8.17. The molecule has 24 heavy (non-hydrogen) atoms. The van der Waals surface area contributed by atoms with Crippen LogP contribution in [0.2, 0.25) is 0 Å². The van der Waals surface area contributed by atoms with Crippen molar-refractivity contribution in [3.63, 3.8) is 0 Å². The van der Waals surface area contributed by atoms with Crippen LogP contribution in [0.4, 0.5) is 0 Å². The summed E-state index contributed by atoms with van der Waals surface area (Å²) in [5, 5.41) is 4.35. The van der Waals surface area contributed by atoms with E-state index < -0.39 is 0 Å². The Morgan fingerprint density at radius 2 is 2.00 bits per heavy atom. The molecule has 0 spiro atoms. The van der Waals surface area contributed by atoms with E-state index in [4.69, 9.17) is 4.74 Å². The van der Waals surface area contributed by atoms with Gasteiger partial charge in [0.15, 0.2) is 12.4 Å². The topological polar surface area (TPSA) is 57.0 Å². The third-order valence-corrected chi connectivity index (χ3v) is 4.58. The molecule has 2 aromatic rings. The van der Waals surface area contributed by atoms with Gasteiger partial charge >= 0.3 is 5.97 Å². The van der Waals surface area contributed by atoms with Crippen LogP contribution in [0.5, 0.6) is 0 Å². The molecule has 3 rings (SSSR count). The Kier molecular flexibility index (Phi) is 4.26. The molecule has 2 atom stereocenters. The Morgan fingerprint density at radius 1 is 1.29 bits per heavy atom. The highest BCUT2D eigenvalue weighted by Gasteiger charge is 2.61. The van der Waals surface area contributed by atoms with Crippen LogP contribution >= 0.6 is 0 Å². The van der Waals surface area contributed by atoms with Crippen molar-refractivity contribution in [3.8, 4) is 5.69 Å². The van der Waals surface area contributed by atoms with E-state index in [0.29, 0.717) is 5.82 Å². The molecule has 0 unspecified atom stereocenters. The van der Waals surface area contributed by atoms with E-state index in [-0.39, 0.29) is 29.8 Å². The number of carbonyl (C=O) groups excluding carboxylic acids is 1. The number of esters is 1. The number of allylic oxidation sites excluding steroid dienone is 2. The lowest BCUT2D eigenvalue weighted by molar-refractivity contribution is -0.147. The highest BCUT2D eigenvalue weighted by Crippen LogP contribution is 2.59. The highest BCUT2D eigenvalue weighted by atomic mass is 16.5. The minimum absolute atomic E-state index is 0.0365. The summed E-state index contributed by atoms with van der Waals surface area (Å²) in [5.74, 6) is 0.511. The van der Waals surface area contributed by atoms with E-state index in [1.807, 2.05) is 30.3 Å². The first-order valence-electron chi connectivity index (χ1n) is 8.17. The second kappa shape index (κ2) is 6.23. The summed E-state index contributed by atoms with van der Waals surface area (Å²) in [6, 6.07) is 9.72. The zero-order valence-corrected chi connectivity index (χ0v) is 14.6. The second-order valence-electron chi connectivity index (χ2n) is 7.12. The van der Waals surface area contributed by atoms with Gasteiger partial charge < -0.3 is 4.74 Å². The van der Waals surface area contributed by atoms with E-state index in [1.54, 1.807) is 11.0 Å². The first-order chi connectivity index (χ1) is 11.4. The monoisotopic (exact) mass is 325 g/mol. The van der Waals surface area contributed by atoms with Gasteiger partial charge in [-0.05, 0) is 37.3 Å². The predicted octanol–water partition coefficient (Wildman–Crippen LogP) is 3.55. The fraction of sp³-hybridized carbons (Fsp3) is 0.421. The van der Waals surface area contributed by atoms with Gasteiger partial charge in [-0.2, -0.15) is 0 Å². The molecule has 5 nitrogen and oxygen atoms in total. The maximum atomic E-state index is 12.3. The van der Waals surface area contributed by atoms with Crippen molar-refractivity contribution in [2.45, 2.75) is 34.3 Å². The number of benzene rings is 1. The number of hydrogen-bond donors (Lipinski definition) is 0. The summed E-state index contributed by atoms with van der Waals surface area (Å²) < 4.78 is 7.12. The predicted molar refractivity (Wildman–Crippen MR) is 91.3 cm³/mol. The number of aromatic nitrogens is 3. The van der Waals surface area contributed by atoms with Crippen LogP contribution in [-0.4, -0.2) is 20.7 Å². The molecule has 0 aliphatic heterocycles. The van der Waals surface area contributed by atoms with Crippen molar-refractivity contribution in [3.05, 3.63) is 54.1 Å². The number of ether oxygens (including phenoxy) is 1. The Balaban J connectivity index is 1.60. The van der Waals surface area contributed by atoms with Crippen LogP contribution in [0.1, 0.15) is 33.5 Å². The van der Waals surface area contributed by atoms with Gasteiger partial charge in [0.1, 0.15) is 6.33 Å². The van der Waals surface area contributed by atoms with Crippen molar-refractivity contribution in [2.24, 2.45) is 17.3 Å². The molecule has 1 saturated carbocycles. The molecule has 0 radical (unpaired) electrons. The van der Waals surface area contributed by atoms with Crippen LogP contribution in [-0.2, 0) is 16.1 Å². The largest absolute Gasteiger partial charge is 0.457 e. The molecule has 1 fully saturated rings. The summed E-state index contributed by atoms with van der Waals surface area (Å²) in [6.45, 7) is 8.41. The van der Waals surface area contributed by atoms with Crippen LogP contribution in [0.15, 0.2) is 48.3 Å². The van der Waals surface area contributed by atoms with E-state index >= 15 is 0 Å². The Morgan fingerprint density at radius 3 is 2.67 bits per heavy atom. The molecular formula is C19H23N3O2. The summed E-state index contributed by atoms with van der Waals surface area (Å²) in [6.07, 6.45) is 3.79. The molecule has 1 aromatic carbocycles. The lowest BCUT2D eigenvalue weighted by atomic mass is 10.1. The lowest BCUT2D eigenvalue weighted by Gasteiger charge is -2.03. The second-order valence-corrected chi connectivity index (χ2v) is 7.12. The molecule has 1 aliphatic carbocycles. The van der Waals surface area contributed by atoms with Gasteiger partial charge in [-0.1, -0.05) is 43.7 Å². The normalized spacial score (nSPS) is 21.2. The number of carbonyl (C=O) groups is 1. The molecule has 0 bridgehead atoms. The van der Waals surface area contributed by atoms with Crippen LogP contribution in [0.3, 0.4) is 0 Å². The molecule has 0 N–H and O–H groups in total. The SMILES string of the molecule is CC(C)=C[C@H]1[C@@H](C(=O)OCc2ncn(-c3ccccc3)n2)C1(C)C. The maximum absolute atomic E-state index is 12.3. The van der Waals surface area contributed by atoms with Crippen molar-refractivity contribution in [1.82, 2.24) is 14.8 Å². The zero-order valence-electron chi connectivity index (χ0n) is 14.6. The molecule has 1 heterocycles. The summed E-state index contributed by atoms with van der Waals surface area (Å²) >= 11 is 0. The fourth-order valence-electron chi connectivity index (χ4n) is 3.09. The molecule has 1 aromatic heterocycles. The van der Waals surface area contributed by atoms with Gasteiger partial charge in [-0.3, -0.25) is 4.79 Å². The number of para-hydroxylation sites is 1. The van der Waals surface area contributed by atoms with Crippen molar-refractivity contribution >= 4 is 5.97 Å². The lowest BCUT2D eigenvalue weighted by Crippen LogP contribution is -2.11. The van der Waals surface area contributed by atoms with Crippen molar-refractivity contribution < 1.29 is 9.53 Å². The average Bonchev–Trinajstić information content (AvgIpc) is 2.90. The third kappa shape index (κ3) is 3.25. The molecule has 126 valence electrons. The van der Waals surface area contributed by atoms with Gasteiger partial charge in [-0.15, -0.1) is 5.10 Å². The van der Waals surface area contributed by atoms with E-state index in [0.717, 1.165) is 5.69 Å². The molecule has 1 aliphatic rings. The Labute approximate surface area is 142 Å². The van der Waals surface area contributed by atoms with Crippen LogP contribution < -0.4 is 0 Å². The standard InChI is InChI=1S/C19H23N3O2/c1-13(2)10-15-17(19(15,3)4)18(23)24-11-16-20-12-22(21-16)14-8-6-5-7-9-14/h5-10,12,15,17H,11H2,1-4H3/t15-,17-/m0/s1.